The average molecular weight is 343 g/mol. The van der Waals surface area contributed by atoms with Gasteiger partial charge in [-0.05, 0) is 50.2 Å². The highest BCUT2D eigenvalue weighted by molar-refractivity contribution is 6.33. The number of benzene rings is 2. The summed E-state index contributed by atoms with van der Waals surface area (Å²) in [6.07, 6.45) is 0. The molecule has 24 heavy (non-hydrogen) atoms. The number of ether oxygens (including phenoxy) is 1. The number of nitrogens with one attached hydrogen (secondary N) is 1. The third-order valence-corrected chi connectivity index (χ3v) is 3.92. The summed E-state index contributed by atoms with van der Waals surface area (Å²) in [5.41, 5.74) is 9.46. The minimum atomic E-state index is 0.149. The summed E-state index contributed by atoms with van der Waals surface area (Å²) < 4.78 is 5.18. The third kappa shape index (κ3) is 3.21. The molecule has 0 aliphatic heterocycles. The van der Waals surface area contributed by atoms with Crippen molar-refractivity contribution in [2.45, 2.75) is 19.9 Å². The Balaban J connectivity index is 2.03. The molecule has 6 heteroatoms. The van der Waals surface area contributed by atoms with Crippen molar-refractivity contribution < 1.29 is 4.74 Å². The number of imidazole rings is 1. The van der Waals surface area contributed by atoms with Gasteiger partial charge in [-0.1, -0.05) is 11.6 Å². The monoisotopic (exact) mass is 342 g/mol. The molecule has 0 atom stereocenters. The average Bonchev–Trinajstić information content (AvgIpc) is 2.96. The van der Waals surface area contributed by atoms with Crippen molar-refractivity contribution in [3.8, 4) is 17.1 Å². The highest BCUT2D eigenvalue weighted by Crippen LogP contribution is 2.30. The van der Waals surface area contributed by atoms with Crippen LogP contribution in [0.4, 0.5) is 0 Å². The van der Waals surface area contributed by atoms with Crippen molar-refractivity contribution in [2.24, 2.45) is 10.7 Å². The summed E-state index contributed by atoms with van der Waals surface area (Å²) in [7, 11) is 1.61. The van der Waals surface area contributed by atoms with Crippen LogP contribution in [0.15, 0.2) is 41.4 Å². The van der Waals surface area contributed by atoms with E-state index in [-0.39, 0.29) is 6.04 Å². The van der Waals surface area contributed by atoms with Crippen molar-refractivity contribution in [1.82, 2.24) is 9.97 Å². The van der Waals surface area contributed by atoms with Crippen LogP contribution >= 0.6 is 11.6 Å². The number of methoxy groups -OCH3 is 1. The Kier molecular flexibility index (Phi) is 4.44. The Morgan fingerprint density at radius 2 is 2.04 bits per heavy atom. The van der Waals surface area contributed by atoms with E-state index in [1.807, 2.05) is 44.2 Å². The molecule has 0 radical (unpaired) electrons. The maximum absolute atomic E-state index is 6.33. The Bertz CT molecular complexity index is 915. The first kappa shape index (κ1) is 16.3. The Hall–Kier alpha value is -2.53. The first-order valence-corrected chi connectivity index (χ1v) is 8.03. The lowest BCUT2D eigenvalue weighted by Gasteiger charge is -2.04. The minimum absolute atomic E-state index is 0.149. The molecule has 0 spiro atoms. The summed E-state index contributed by atoms with van der Waals surface area (Å²) >= 11 is 6.33. The highest BCUT2D eigenvalue weighted by atomic mass is 35.5. The SMILES string of the molecule is COc1ccc(-c2nc3ccc(C(N)=NC(C)C)cc3[nH]2)c(Cl)c1. The molecule has 0 bridgehead atoms. The molecule has 3 N–H and O–H groups in total. The fourth-order valence-corrected chi connectivity index (χ4v) is 2.72. The molecule has 0 fully saturated rings. The number of aliphatic imine (C=N–C) groups is 1. The van der Waals surface area contributed by atoms with Crippen molar-refractivity contribution in [3.63, 3.8) is 0 Å². The molecule has 3 aromatic rings. The van der Waals surface area contributed by atoms with E-state index in [9.17, 15) is 0 Å². The van der Waals surface area contributed by atoms with Gasteiger partial charge in [-0.15, -0.1) is 0 Å². The van der Waals surface area contributed by atoms with Gasteiger partial charge in [0.1, 0.15) is 17.4 Å². The van der Waals surface area contributed by atoms with E-state index < -0.39 is 0 Å². The van der Waals surface area contributed by atoms with Crippen LogP contribution in [0.2, 0.25) is 5.02 Å². The van der Waals surface area contributed by atoms with E-state index in [0.717, 1.165) is 22.2 Å². The molecule has 5 nitrogen and oxygen atoms in total. The Morgan fingerprint density at radius 3 is 2.71 bits per heavy atom. The number of aromatic nitrogens is 2. The first-order valence-electron chi connectivity index (χ1n) is 7.65. The number of aromatic amines is 1. The maximum atomic E-state index is 6.33. The lowest BCUT2D eigenvalue weighted by atomic mass is 10.2. The number of rotatable bonds is 4. The van der Waals surface area contributed by atoms with Crippen LogP contribution in [-0.2, 0) is 0 Å². The Labute approximate surface area is 145 Å². The third-order valence-electron chi connectivity index (χ3n) is 3.61. The van der Waals surface area contributed by atoms with Crippen LogP contribution < -0.4 is 10.5 Å². The summed E-state index contributed by atoms with van der Waals surface area (Å²) in [5, 5.41) is 0.578. The molecular formula is C18H19ClN4O. The van der Waals surface area contributed by atoms with Crippen molar-refractivity contribution >= 4 is 28.5 Å². The van der Waals surface area contributed by atoms with Gasteiger partial charge < -0.3 is 15.5 Å². The van der Waals surface area contributed by atoms with Crippen LogP contribution in [0, 0.1) is 0 Å². The maximum Gasteiger partial charge on any atom is 0.140 e. The smallest absolute Gasteiger partial charge is 0.140 e. The van der Waals surface area contributed by atoms with Crippen molar-refractivity contribution in [2.75, 3.05) is 7.11 Å². The summed E-state index contributed by atoms with van der Waals surface area (Å²) in [5.74, 6) is 1.93. The highest BCUT2D eigenvalue weighted by Gasteiger charge is 2.11. The van der Waals surface area contributed by atoms with Gasteiger partial charge in [-0.2, -0.15) is 0 Å². The van der Waals surface area contributed by atoms with Gasteiger partial charge in [-0.25, -0.2) is 4.98 Å². The largest absolute Gasteiger partial charge is 0.497 e. The number of hydrogen-bond acceptors (Lipinski definition) is 3. The zero-order chi connectivity index (χ0) is 17.3. The Morgan fingerprint density at radius 1 is 1.25 bits per heavy atom. The fourth-order valence-electron chi connectivity index (χ4n) is 2.46. The van der Waals surface area contributed by atoms with E-state index in [1.165, 1.54) is 0 Å². The van der Waals surface area contributed by atoms with Gasteiger partial charge in [0.2, 0.25) is 0 Å². The molecule has 124 valence electrons. The van der Waals surface area contributed by atoms with E-state index in [4.69, 9.17) is 22.1 Å². The molecule has 2 aromatic carbocycles. The second kappa shape index (κ2) is 6.53. The standard InChI is InChI=1S/C18H19ClN4O/c1-10(2)21-17(20)11-4-7-15-16(8-11)23-18(22-15)13-6-5-12(24-3)9-14(13)19/h4-10H,1-3H3,(H2,20,21)(H,22,23). The predicted octanol–water partition coefficient (Wildman–Crippen LogP) is 4.01. The number of H-pyrrole nitrogens is 1. The summed E-state index contributed by atoms with van der Waals surface area (Å²) in [6.45, 7) is 3.98. The normalized spacial score (nSPS) is 12.1. The van der Waals surface area contributed by atoms with Gasteiger partial charge in [0.05, 0.1) is 23.2 Å². The topological polar surface area (TPSA) is 76.3 Å². The zero-order valence-corrected chi connectivity index (χ0v) is 14.6. The van der Waals surface area contributed by atoms with Gasteiger partial charge in [0, 0.05) is 17.2 Å². The number of amidine groups is 1. The van der Waals surface area contributed by atoms with Crippen LogP contribution in [0.25, 0.3) is 22.4 Å². The van der Waals surface area contributed by atoms with Gasteiger partial charge >= 0.3 is 0 Å². The number of halogens is 1. The number of nitrogens with two attached hydrogens (primary N) is 1. The molecule has 1 aromatic heterocycles. The quantitative estimate of drug-likeness (QED) is 0.555. The first-order chi connectivity index (χ1) is 11.5. The van der Waals surface area contributed by atoms with E-state index in [2.05, 4.69) is 15.0 Å². The van der Waals surface area contributed by atoms with Gasteiger partial charge in [-0.3, -0.25) is 4.99 Å². The molecule has 0 aliphatic rings. The number of nitrogens with zero attached hydrogens (tertiary/aromatic N) is 2. The predicted molar refractivity (Wildman–Crippen MR) is 99.0 cm³/mol. The molecule has 1 heterocycles. The molecule has 0 amide bonds. The second-order valence-corrected chi connectivity index (χ2v) is 6.18. The lowest BCUT2D eigenvalue weighted by molar-refractivity contribution is 0.415. The lowest BCUT2D eigenvalue weighted by Crippen LogP contribution is -2.15. The van der Waals surface area contributed by atoms with Crippen molar-refractivity contribution in [1.29, 1.82) is 0 Å². The zero-order valence-electron chi connectivity index (χ0n) is 13.8. The summed E-state index contributed by atoms with van der Waals surface area (Å²) in [6, 6.07) is 11.4. The second-order valence-electron chi connectivity index (χ2n) is 5.77. The van der Waals surface area contributed by atoms with E-state index in [1.54, 1.807) is 13.2 Å². The molecule has 3 rings (SSSR count). The number of fused-ring (bicyclic) bond motifs is 1. The van der Waals surface area contributed by atoms with Gasteiger partial charge in [0.15, 0.2) is 0 Å². The van der Waals surface area contributed by atoms with E-state index >= 15 is 0 Å². The molecule has 0 aliphatic carbocycles. The molecular weight excluding hydrogens is 324 g/mol. The van der Waals surface area contributed by atoms with Crippen LogP contribution in [0.1, 0.15) is 19.4 Å². The van der Waals surface area contributed by atoms with Gasteiger partial charge in [0.25, 0.3) is 0 Å². The van der Waals surface area contributed by atoms with Crippen LogP contribution in [0.5, 0.6) is 5.75 Å². The molecule has 0 saturated heterocycles. The summed E-state index contributed by atoms with van der Waals surface area (Å²) in [4.78, 5) is 12.3. The minimum Gasteiger partial charge on any atom is -0.497 e. The van der Waals surface area contributed by atoms with Crippen molar-refractivity contribution in [3.05, 3.63) is 47.0 Å². The molecule has 0 saturated carbocycles. The fraction of sp³-hybridized carbons (Fsp3) is 0.222. The van der Waals surface area contributed by atoms with E-state index in [0.29, 0.717) is 22.4 Å². The van der Waals surface area contributed by atoms with Crippen LogP contribution in [0.3, 0.4) is 0 Å². The number of hydrogen-bond donors (Lipinski definition) is 2. The van der Waals surface area contributed by atoms with Crippen LogP contribution in [-0.4, -0.2) is 29.0 Å². The molecule has 0 unspecified atom stereocenters.